The van der Waals surface area contributed by atoms with Crippen molar-refractivity contribution in [2.45, 2.75) is 26.0 Å². The Morgan fingerprint density at radius 2 is 1.52 bits per heavy atom. The van der Waals surface area contributed by atoms with Crippen molar-refractivity contribution in [1.82, 2.24) is 0 Å². The van der Waals surface area contributed by atoms with Gasteiger partial charge in [0.15, 0.2) is 0 Å². The Bertz CT molecular complexity index is 854. The van der Waals surface area contributed by atoms with Crippen molar-refractivity contribution < 1.29 is 9.59 Å². The van der Waals surface area contributed by atoms with Gasteiger partial charge in [-0.15, -0.1) is 11.8 Å². The molecule has 0 saturated heterocycles. The first-order valence-corrected chi connectivity index (χ1v) is 9.68. The molecule has 1 aliphatic rings. The summed E-state index contributed by atoms with van der Waals surface area (Å²) in [6, 6.07) is 14.9. The summed E-state index contributed by atoms with van der Waals surface area (Å²) in [4.78, 5) is 27.9. The van der Waals surface area contributed by atoms with E-state index in [1.807, 2.05) is 57.2 Å². The van der Waals surface area contributed by atoms with Gasteiger partial charge in [-0.2, -0.15) is 0 Å². The van der Waals surface area contributed by atoms with Crippen LogP contribution in [0.3, 0.4) is 0 Å². The third-order valence-electron chi connectivity index (χ3n) is 3.82. The van der Waals surface area contributed by atoms with Gasteiger partial charge in [0.2, 0.25) is 0 Å². The Balaban J connectivity index is 2.09. The third kappa shape index (κ3) is 3.58. The SMILES string of the molecule is Cc1ccc(C2=C(SC(C)C)C(=O)N(c3ccc(Br)cc3)C2=O)cc1. The van der Waals surface area contributed by atoms with Gasteiger partial charge in [0.05, 0.1) is 16.2 Å². The summed E-state index contributed by atoms with van der Waals surface area (Å²) in [5, 5.41) is 0.206. The Morgan fingerprint density at radius 3 is 2.08 bits per heavy atom. The molecule has 0 saturated carbocycles. The van der Waals surface area contributed by atoms with Gasteiger partial charge >= 0.3 is 0 Å². The molecule has 2 aromatic carbocycles. The molecule has 0 radical (unpaired) electrons. The van der Waals surface area contributed by atoms with Crippen LogP contribution in [0.15, 0.2) is 57.9 Å². The van der Waals surface area contributed by atoms with Crippen molar-refractivity contribution in [2.75, 3.05) is 4.90 Å². The second kappa shape index (κ2) is 7.18. The average molecular weight is 416 g/mol. The largest absolute Gasteiger partial charge is 0.272 e. The lowest BCUT2D eigenvalue weighted by Gasteiger charge is -2.15. The molecule has 0 N–H and O–H groups in total. The monoisotopic (exact) mass is 415 g/mol. The molecule has 3 nitrogen and oxygen atoms in total. The number of carbonyl (C=O) groups is 2. The molecule has 0 bridgehead atoms. The smallest absolute Gasteiger partial charge is 0.268 e. The van der Waals surface area contributed by atoms with Crippen LogP contribution >= 0.6 is 27.7 Å². The average Bonchev–Trinajstić information content (AvgIpc) is 2.80. The number of aryl methyl sites for hydroxylation is 1. The summed E-state index contributed by atoms with van der Waals surface area (Å²) >= 11 is 4.82. The number of anilines is 1. The van der Waals surface area contributed by atoms with Crippen LogP contribution < -0.4 is 4.90 Å². The molecule has 1 heterocycles. The molecule has 25 heavy (non-hydrogen) atoms. The number of thioether (sulfide) groups is 1. The van der Waals surface area contributed by atoms with Crippen molar-refractivity contribution in [3.05, 3.63) is 69.0 Å². The number of amides is 2. The van der Waals surface area contributed by atoms with E-state index in [-0.39, 0.29) is 17.1 Å². The van der Waals surface area contributed by atoms with Crippen LogP contribution in [0.1, 0.15) is 25.0 Å². The molecule has 1 aliphatic heterocycles. The van der Waals surface area contributed by atoms with Crippen molar-refractivity contribution in [3.63, 3.8) is 0 Å². The summed E-state index contributed by atoms with van der Waals surface area (Å²) < 4.78 is 0.902. The van der Waals surface area contributed by atoms with E-state index in [4.69, 9.17) is 0 Å². The Kier molecular flexibility index (Phi) is 5.16. The van der Waals surface area contributed by atoms with Crippen LogP contribution in [0.4, 0.5) is 5.69 Å². The summed E-state index contributed by atoms with van der Waals surface area (Å²) in [6.45, 7) is 6.03. The van der Waals surface area contributed by atoms with Crippen molar-refractivity contribution in [3.8, 4) is 0 Å². The van der Waals surface area contributed by atoms with Crippen LogP contribution in [0.2, 0.25) is 0 Å². The second-order valence-electron chi connectivity index (χ2n) is 6.16. The molecule has 0 aliphatic carbocycles. The maximum absolute atomic E-state index is 13.1. The highest BCUT2D eigenvalue weighted by Crippen LogP contribution is 2.40. The van der Waals surface area contributed by atoms with E-state index in [2.05, 4.69) is 15.9 Å². The lowest BCUT2D eigenvalue weighted by molar-refractivity contribution is -0.119. The lowest BCUT2D eigenvalue weighted by Crippen LogP contribution is -2.31. The number of benzene rings is 2. The van der Waals surface area contributed by atoms with Gasteiger partial charge in [-0.05, 0) is 36.8 Å². The standard InChI is InChI=1S/C20H18BrNO2S/c1-12(2)25-18-17(14-6-4-13(3)5-7-14)19(23)22(20(18)24)16-10-8-15(21)9-11-16/h4-12H,1-3H3. The van der Waals surface area contributed by atoms with Gasteiger partial charge in [-0.3, -0.25) is 9.59 Å². The normalized spacial score (nSPS) is 14.8. The van der Waals surface area contributed by atoms with Crippen LogP contribution in [0.5, 0.6) is 0 Å². The highest BCUT2D eigenvalue weighted by Gasteiger charge is 2.40. The molecular formula is C20H18BrNO2S. The minimum atomic E-state index is -0.265. The first-order valence-electron chi connectivity index (χ1n) is 8.01. The predicted octanol–water partition coefficient (Wildman–Crippen LogP) is 5.18. The van der Waals surface area contributed by atoms with Crippen LogP contribution in [0, 0.1) is 6.92 Å². The maximum Gasteiger partial charge on any atom is 0.272 e. The van der Waals surface area contributed by atoms with E-state index in [0.717, 1.165) is 15.6 Å². The number of rotatable bonds is 4. The number of hydrogen-bond donors (Lipinski definition) is 0. The zero-order chi connectivity index (χ0) is 18.1. The minimum Gasteiger partial charge on any atom is -0.268 e. The molecule has 0 aromatic heterocycles. The van der Waals surface area contributed by atoms with Crippen LogP contribution in [-0.4, -0.2) is 17.1 Å². The number of imide groups is 1. The molecule has 0 fully saturated rings. The zero-order valence-corrected chi connectivity index (χ0v) is 16.6. The Hall–Kier alpha value is -1.85. The van der Waals surface area contributed by atoms with E-state index >= 15 is 0 Å². The topological polar surface area (TPSA) is 37.4 Å². The first-order chi connectivity index (χ1) is 11.9. The van der Waals surface area contributed by atoms with Gasteiger partial charge in [0.1, 0.15) is 0 Å². The zero-order valence-electron chi connectivity index (χ0n) is 14.2. The molecule has 2 amide bonds. The maximum atomic E-state index is 13.1. The number of hydrogen-bond acceptors (Lipinski definition) is 3. The van der Waals surface area contributed by atoms with E-state index in [0.29, 0.717) is 16.2 Å². The number of nitrogens with zero attached hydrogens (tertiary/aromatic N) is 1. The quantitative estimate of drug-likeness (QED) is 0.645. The van der Waals surface area contributed by atoms with E-state index in [9.17, 15) is 9.59 Å². The van der Waals surface area contributed by atoms with Crippen LogP contribution in [0.25, 0.3) is 5.57 Å². The van der Waals surface area contributed by atoms with Crippen molar-refractivity contribution >= 4 is 50.8 Å². The Morgan fingerprint density at radius 1 is 0.920 bits per heavy atom. The molecule has 0 atom stereocenters. The predicted molar refractivity (Wildman–Crippen MR) is 107 cm³/mol. The van der Waals surface area contributed by atoms with Gasteiger partial charge in [0.25, 0.3) is 11.8 Å². The second-order valence-corrected chi connectivity index (χ2v) is 8.66. The molecule has 0 unspecified atom stereocenters. The third-order valence-corrected chi connectivity index (χ3v) is 5.43. The number of carbonyl (C=O) groups excluding carboxylic acids is 2. The first kappa shape index (κ1) is 18.0. The summed E-state index contributed by atoms with van der Waals surface area (Å²) in [5.74, 6) is -0.513. The molecule has 5 heteroatoms. The highest BCUT2D eigenvalue weighted by atomic mass is 79.9. The van der Waals surface area contributed by atoms with E-state index in [1.54, 1.807) is 12.1 Å². The number of halogens is 1. The summed E-state index contributed by atoms with van der Waals surface area (Å²) in [6.07, 6.45) is 0. The molecule has 128 valence electrons. The minimum absolute atomic E-state index is 0.206. The Labute approximate surface area is 160 Å². The molecule has 0 spiro atoms. The van der Waals surface area contributed by atoms with E-state index < -0.39 is 0 Å². The summed E-state index contributed by atoms with van der Waals surface area (Å²) in [7, 11) is 0. The molecule has 2 aromatic rings. The van der Waals surface area contributed by atoms with Gasteiger partial charge < -0.3 is 0 Å². The summed E-state index contributed by atoms with van der Waals surface area (Å²) in [5.41, 5.74) is 2.98. The van der Waals surface area contributed by atoms with Gasteiger partial charge in [0, 0.05) is 9.72 Å². The van der Waals surface area contributed by atoms with Crippen LogP contribution in [-0.2, 0) is 9.59 Å². The molecule has 3 rings (SSSR count). The van der Waals surface area contributed by atoms with Gasteiger partial charge in [-0.25, -0.2) is 4.90 Å². The fourth-order valence-electron chi connectivity index (χ4n) is 2.65. The van der Waals surface area contributed by atoms with Gasteiger partial charge in [-0.1, -0.05) is 59.6 Å². The van der Waals surface area contributed by atoms with E-state index in [1.165, 1.54) is 16.7 Å². The highest BCUT2D eigenvalue weighted by molar-refractivity contribution is 9.10. The molecular weight excluding hydrogens is 398 g/mol. The fraction of sp³-hybridized carbons (Fsp3) is 0.200. The van der Waals surface area contributed by atoms with Crippen molar-refractivity contribution in [2.24, 2.45) is 0 Å². The fourth-order valence-corrected chi connectivity index (χ4v) is 3.90. The lowest BCUT2D eigenvalue weighted by atomic mass is 10.0. The van der Waals surface area contributed by atoms with Crippen molar-refractivity contribution in [1.29, 1.82) is 0 Å².